The number of anilines is 1. The van der Waals surface area contributed by atoms with Gasteiger partial charge in [0, 0.05) is 12.0 Å². The van der Waals surface area contributed by atoms with Gasteiger partial charge < -0.3 is 10.6 Å². The van der Waals surface area contributed by atoms with E-state index in [4.69, 9.17) is 0 Å². The summed E-state index contributed by atoms with van der Waals surface area (Å²) in [5.74, 6) is -1.12. The lowest BCUT2D eigenvalue weighted by molar-refractivity contribution is -0.137. The van der Waals surface area contributed by atoms with Gasteiger partial charge in [-0.1, -0.05) is 48.2 Å². The number of nitrogens with zero attached hydrogens (tertiary/aromatic N) is 2. The van der Waals surface area contributed by atoms with Crippen LogP contribution < -0.4 is 10.6 Å². The van der Waals surface area contributed by atoms with Crippen molar-refractivity contribution in [3.05, 3.63) is 65.2 Å². The lowest BCUT2D eigenvalue weighted by Gasteiger charge is -2.16. The number of amides is 2. The summed E-state index contributed by atoms with van der Waals surface area (Å²) in [7, 11) is 0. The smallest absolute Gasteiger partial charge is 0.325 e. The van der Waals surface area contributed by atoms with Gasteiger partial charge in [-0.25, -0.2) is 0 Å². The first-order chi connectivity index (χ1) is 15.3. The van der Waals surface area contributed by atoms with E-state index >= 15 is 0 Å². The molecule has 0 spiro atoms. The lowest BCUT2D eigenvalue weighted by atomic mass is 9.90. The first-order valence-electron chi connectivity index (χ1n) is 9.97. The third-order valence-corrected chi connectivity index (χ3v) is 6.18. The van der Waals surface area contributed by atoms with E-state index in [0.717, 1.165) is 48.4 Å². The number of carbonyl (C=O) groups is 2. The molecule has 0 unspecified atom stereocenters. The Bertz CT molecular complexity index is 1110. The SMILES string of the molecule is O=C(C[C@@H]1SC(=NN=C2CCCc3ccccc32)NC1=O)Nc1ccccc1C(F)(F)F. The molecule has 1 atom stereocenters. The highest BCUT2D eigenvalue weighted by Crippen LogP contribution is 2.35. The summed E-state index contributed by atoms with van der Waals surface area (Å²) >= 11 is 1.04. The number of hydrogen-bond acceptors (Lipinski definition) is 5. The van der Waals surface area contributed by atoms with E-state index < -0.39 is 28.8 Å². The minimum atomic E-state index is -4.60. The van der Waals surface area contributed by atoms with Crippen molar-refractivity contribution >= 4 is 40.1 Å². The fraction of sp³-hybridized carbons (Fsp3) is 0.273. The van der Waals surface area contributed by atoms with Crippen molar-refractivity contribution in [1.82, 2.24) is 5.32 Å². The van der Waals surface area contributed by atoms with Gasteiger partial charge in [0.2, 0.25) is 11.8 Å². The van der Waals surface area contributed by atoms with Crippen molar-refractivity contribution in [3.63, 3.8) is 0 Å². The fourth-order valence-electron chi connectivity index (χ4n) is 3.61. The molecule has 10 heteroatoms. The van der Waals surface area contributed by atoms with Crippen LogP contribution in [0.4, 0.5) is 18.9 Å². The number of rotatable bonds is 4. The van der Waals surface area contributed by atoms with Crippen molar-refractivity contribution in [1.29, 1.82) is 0 Å². The lowest BCUT2D eigenvalue weighted by Crippen LogP contribution is -2.28. The first kappa shape index (κ1) is 22.1. The van der Waals surface area contributed by atoms with Gasteiger partial charge in [-0.3, -0.25) is 9.59 Å². The zero-order chi connectivity index (χ0) is 22.7. The van der Waals surface area contributed by atoms with Gasteiger partial charge in [0.05, 0.1) is 17.0 Å². The Hall–Kier alpha value is -3.14. The van der Waals surface area contributed by atoms with Gasteiger partial charge in [-0.15, -0.1) is 5.10 Å². The highest BCUT2D eigenvalue weighted by molar-refractivity contribution is 8.15. The van der Waals surface area contributed by atoms with E-state index in [1.54, 1.807) is 0 Å². The monoisotopic (exact) mass is 460 g/mol. The van der Waals surface area contributed by atoms with Crippen LogP contribution in [-0.2, 0) is 22.2 Å². The Labute approximate surface area is 186 Å². The van der Waals surface area contributed by atoms with Crippen LogP contribution in [-0.4, -0.2) is 27.9 Å². The van der Waals surface area contributed by atoms with Gasteiger partial charge in [0.15, 0.2) is 5.17 Å². The molecular formula is C22H19F3N4O2S. The Morgan fingerprint density at radius 3 is 2.66 bits per heavy atom. The molecule has 1 fully saturated rings. The Balaban J connectivity index is 1.41. The normalized spacial score (nSPS) is 20.8. The number of halogens is 3. The quantitative estimate of drug-likeness (QED) is 0.665. The second kappa shape index (κ2) is 9.15. The number of fused-ring (bicyclic) bond motifs is 1. The molecule has 166 valence electrons. The molecule has 1 saturated heterocycles. The minimum Gasteiger partial charge on any atom is -0.325 e. The predicted molar refractivity (Wildman–Crippen MR) is 118 cm³/mol. The van der Waals surface area contributed by atoms with Crippen LogP contribution in [0.25, 0.3) is 0 Å². The molecule has 4 rings (SSSR count). The molecule has 6 nitrogen and oxygen atoms in total. The van der Waals surface area contributed by atoms with Crippen LogP contribution in [0.2, 0.25) is 0 Å². The molecule has 1 aliphatic heterocycles. The Kier molecular flexibility index (Phi) is 6.31. The number of thioether (sulfide) groups is 1. The summed E-state index contributed by atoms with van der Waals surface area (Å²) in [6, 6.07) is 12.7. The number of alkyl halides is 3. The van der Waals surface area contributed by atoms with Gasteiger partial charge in [-0.2, -0.15) is 18.3 Å². The zero-order valence-corrected chi connectivity index (χ0v) is 17.6. The van der Waals surface area contributed by atoms with Crippen LogP contribution in [0.15, 0.2) is 58.7 Å². The minimum absolute atomic E-state index is 0.263. The summed E-state index contributed by atoms with van der Waals surface area (Å²) in [4.78, 5) is 24.5. The molecule has 2 amide bonds. The molecule has 32 heavy (non-hydrogen) atoms. The van der Waals surface area contributed by atoms with Crippen molar-refractivity contribution < 1.29 is 22.8 Å². The topological polar surface area (TPSA) is 82.9 Å². The Morgan fingerprint density at radius 1 is 1.09 bits per heavy atom. The number of hydrogen-bond donors (Lipinski definition) is 2. The highest BCUT2D eigenvalue weighted by Gasteiger charge is 2.35. The van der Waals surface area contributed by atoms with Gasteiger partial charge >= 0.3 is 6.18 Å². The molecule has 2 aliphatic rings. The van der Waals surface area contributed by atoms with Gasteiger partial charge in [-0.05, 0) is 37.0 Å². The van der Waals surface area contributed by atoms with E-state index in [-0.39, 0.29) is 17.3 Å². The third-order valence-electron chi connectivity index (χ3n) is 5.10. The largest absolute Gasteiger partial charge is 0.418 e. The molecule has 0 aromatic heterocycles. The van der Waals surface area contributed by atoms with E-state index in [1.165, 1.54) is 23.8 Å². The van der Waals surface area contributed by atoms with E-state index in [9.17, 15) is 22.8 Å². The summed E-state index contributed by atoms with van der Waals surface area (Å²) < 4.78 is 39.3. The predicted octanol–water partition coefficient (Wildman–Crippen LogP) is 4.36. The van der Waals surface area contributed by atoms with E-state index in [2.05, 4.69) is 26.9 Å². The fourth-order valence-corrected chi connectivity index (χ4v) is 4.52. The molecule has 2 N–H and O–H groups in total. The second-order valence-electron chi connectivity index (χ2n) is 7.35. The van der Waals surface area contributed by atoms with Crippen LogP contribution in [0, 0.1) is 0 Å². The van der Waals surface area contributed by atoms with Crippen molar-refractivity contribution in [2.75, 3.05) is 5.32 Å². The summed E-state index contributed by atoms with van der Waals surface area (Å²) in [6.07, 6.45) is -2.17. The highest BCUT2D eigenvalue weighted by atomic mass is 32.2. The number of aryl methyl sites for hydroxylation is 1. The number of carbonyl (C=O) groups excluding carboxylic acids is 2. The van der Waals surface area contributed by atoms with Gasteiger partial charge in [0.1, 0.15) is 5.25 Å². The van der Waals surface area contributed by atoms with Crippen LogP contribution >= 0.6 is 11.8 Å². The van der Waals surface area contributed by atoms with Crippen LogP contribution in [0.3, 0.4) is 0 Å². The molecular weight excluding hydrogens is 441 g/mol. The first-order valence-corrected chi connectivity index (χ1v) is 10.9. The molecule has 2 aromatic carbocycles. The summed E-state index contributed by atoms with van der Waals surface area (Å²) in [5.41, 5.74) is 1.79. The molecule has 0 bridgehead atoms. The summed E-state index contributed by atoms with van der Waals surface area (Å²) in [5, 5.41) is 12.7. The average molecular weight is 460 g/mol. The van der Waals surface area contributed by atoms with Crippen LogP contribution in [0.1, 0.15) is 36.0 Å². The number of amidine groups is 1. The average Bonchev–Trinajstić information content (AvgIpc) is 3.10. The Morgan fingerprint density at radius 2 is 1.84 bits per heavy atom. The standard InChI is InChI=1S/C22H19F3N4O2S/c23-22(24,25)15-9-3-4-10-17(15)26-19(30)12-18-20(31)27-21(32-18)29-28-16-11-5-7-13-6-1-2-8-14(13)16/h1-4,6,8-10,18H,5,7,11-12H2,(H,26,30)(H,27,29,31)/t18-/m0/s1. The molecule has 1 aliphatic carbocycles. The molecule has 0 radical (unpaired) electrons. The van der Waals surface area contributed by atoms with E-state index in [0.29, 0.717) is 0 Å². The number of nitrogens with one attached hydrogen (secondary N) is 2. The maximum absolute atomic E-state index is 13.1. The zero-order valence-electron chi connectivity index (χ0n) is 16.8. The second-order valence-corrected chi connectivity index (χ2v) is 8.55. The van der Waals surface area contributed by atoms with Crippen molar-refractivity contribution in [3.8, 4) is 0 Å². The number of para-hydroxylation sites is 1. The maximum Gasteiger partial charge on any atom is 0.418 e. The van der Waals surface area contributed by atoms with Gasteiger partial charge in [0.25, 0.3) is 0 Å². The number of benzene rings is 2. The molecule has 1 heterocycles. The third kappa shape index (κ3) is 5.01. The maximum atomic E-state index is 13.1. The van der Waals surface area contributed by atoms with Crippen molar-refractivity contribution in [2.24, 2.45) is 10.2 Å². The molecule has 0 saturated carbocycles. The van der Waals surface area contributed by atoms with Crippen LogP contribution in [0.5, 0.6) is 0 Å². The summed E-state index contributed by atoms with van der Waals surface area (Å²) in [6.45, 7) is 0. The van der Waals surface area contributed by atoms with Crippen molar-refractivity contribution in [2.45, 2.75) is 37.1 Å². The van der Waals surface area contributed by atoms with E-state index in [1.807, 2.05) is 18.2 Å². The molecule has 2 aromatic rings.